The molecule has 0 atom stereocenters. The summed E-state index contributed by atoms with van der Waals surface area (Å²) in [7, 11) is 0. The van der Waals surface area contributed by atoms with E-state index in [4.69, 9.17) is 23.2 Å². The minimum absolute atomic E-state index is 0.193. The van der Waals surface area contributed by atoms with Gasteiger partial charge in [-0.15, -0.1) is 0 Å². The predicted molar refractivity (Wildman–Crippen MR) is 81.6 cm³/mol. The summed E-state index contributed by atoms with van der Waals surface area (Å²) in [6.45, 7) is 0. The summed E-state index contributed by atoms with van der Waals surface area (Å²) in [5.41, 5.74) is 1.45. The van der Waals surface area contributed by atoms with Gasteiger partial charge in [-0.25, -0.2) is 5.10 Å². The molecule has 0 fully saturated rings. The van der Waals surface area contributed by atoms with Crippen LogP contribution in [0.4, 0.5) is 0 Å². The lowest BCUT2D eigenvalue weighted by Crippen LogP contribution is -2.11. The number of H-pyrrole nitrogens is 1. The van der Waals surface area contributed by atoms with Crippen molar-refractivity contribution in [2.24, 2.45) is 0 Å². The molecule has 0 saturated heterocycles. The molecule has 0 unspecified atom stereocenters. The molecular formula is C15H10Cl2N2O. The number of aromatic amines is 1. The molecule has 100 valence electrons. The van der Waals surface area contributed by atoms with E-state index in [2.05, 4.69) is 10.2 Å². The molecule has 3 nitrogen and oxygen atoms in total. The van der Waals surface area contributed by atoms with Crippen LogP contribution in [0.2, 0.25) is 10.0 Å². The van der Waals surface area contributed by atoms with Crippen molar-refractivity contribution in [2.45, 2.75) is 6.42 Å². The highest BCUT2D eigenvalue weighted by molar-refractivity contribution is 6.42. The normalized spacial score (nSPS) is 10.9. The van der Waals surface area contributed by atoms with E-state index in [1.165, 1.54) is 0 Å². The molecule has 0 aliphatic carbocycles. The second-order valence-corrected chi connectivity index (χ2v) is 5.22. The molecule has 5 heteroatoms. The van der Waals surface area contributed by atoms with Gasteiger partial charge in [0.25, 0.3) is 5.56 Å². The van der Waals surface area contributed by atoms with Crippen molar-refractivity contribution in [1.29, 1.82) is 0 Å². The summed E-state index contributed by atoms with van der Waals surface area (Å²) >= 11 is 12.2. The quantitative estimate of drug-likeness (QED) is 0.782. The van der Waals surface area contributed by atoms with Crippen molar-refractivity contribution in [2.75, 3.05) is 0 Å². The molecular weight excluding hydrogens is 295 g/mol. The lowest BCUT2D eigenvalue weighted by Gasteiger charge is -2.07. The first-order valence-electron chi connectivity index (χ1n) is 6.06. The fourth-order valence-electron chi connectivity index (χ4n) is 2.17. The topological polar surface area (TPSA) is 45.8 Å². The van der Waals surface area contributed by atoms with Gasteiger partial charge in [-0.2, -0.15) is 5.10 Å². The van der Waals surface area contributed by atoms with E-state index < -0.39 is 0 Å². The third-order valence-corrected chi connectivity index (χ3v) is 4.02. The molecule has 0 aliphatic heterocycles. The van der Waals surface area contributed by atoms with Gasteiger partial charge in [0.15, 0.2) is 0 Å². The Morgan fingerprint density at radius 3 is 2.55 bits per heavy atom. The molecule has 0 aliphatic rings. The number of halogens is 2. The number of nitrogens with zero attached hydrogens (tertiary/aromatic N) is 1. The lowest BCUT2D eigenvalue weighted by molar-refractivity contribution is 0.934. The number of hydrogen-bond acceptors (Lipinski definition) is 2. The van der Waals surface area contributed by atoms with E-state index in [0.29, 0.717) is 21.9 Å². The second kappa shape index (κ2) is 5.27. The van der Waals surface area contributed by atoms with E-state index in [1.807, 2.05) is 30.3 Å². The van der Waals surface area contributed by atoms with Gasteiger partial charge in [0, 0.05) is 11.8 Å². The lowest BCUT2D eigenvalue weighted by atomic mass is 10.0. The van der Waals surface area contributed by atoms with Crippen LogP contribution in [0.5, 0.6) is 0 Å². The minimum Gasteiger partial charge on any atom is -0.267 e. The third kappa shape index (κ3) is 2.30. The van der Waals surface area contributed by atoms with Gasteiger partial charge >= 0.3 is 0 Å². The van der Waals surface area contributed by atoms with Crippen molar-refractivity contribution >= 4 is 34.0 Å². The largest absolute Gasteiger partial charge is 0.272 e. The fraction of sp³-hybridized carbons (Fsp3) is 0.0667. The summed E-state index contributed by atoms with van der Waals surface area (Å²) in [5.74, 6) is 0. The van der Waals surface area contributed by atoms with Gasteiger partial charge in [-0.05, 0) is 17.7 Å². The van der Waals surface area contributed by atoms with Crippen molar-refractivity contribution in [3.05, 3.63) is 74.1 Å². The minimum atomic E-state index is -0.193. The van der Waals surface area contributed by atoms with Crippen LogP contribution < -0.4 is 5.56 Å². The highest BCUT2D eigenvalue weighted by Crippen LogP contribution is 2.28. The maximum atomic E-state index is 11.7. The molecule has 3 rings (SSSR count). The van der Waals surface area contributed by atoms with Crippen LogP contribution in [-0.4, -0.2) is 10.2 Å². The van der Waals surface area contributed by atoms with Crippen LogP contribution in [0.25, 0.3) is 10.8 Å². The number of hydrogen-bond donors (Lipinski definition) is 1. The maximum Gasteiger partial charge on any atom is 0.272 e. The average Bonchev–Trinajstić information content (AvgIpc) is 2.47. The molecule has 0 saturated carbocycles. The SMILES string of the molecule is O=c1[nH]nc(Cc2cccc(Cl)c2Cl)c2ccccc12. The first kappa shape index (κ1) is 13.2. The number of fused-ring (bicyclic) bond motifs is 1. The zero-order valence-corrected chi connectivity index (χ0v) is 11.9. The van der Waals surface area contributed by atoms with Gasteiger partial charge in [0.1, 0.15) is 0 Å². The van der Waals surface area contributed by atoms with Gasteiger partial charge in [0.05, 0.1) is 21.1 Å². The molecule has 3 aromatic rings. The first-order valence-corrected chi connectivity index (χ1v) is 6.81. The Morgan fingerprint density at radius 1 is 1.00 bits per heavy atom. The Balaban J connectivity index is 2.14. The summed E-state index contributed by atoms with van der Waals surface area (Å²) in [4.78, 5) is 11.7. The van der Waals surface area contributed by atoms with Crippen molar-refractivity contribution < 1.29 is 0 Å². The molecule has 0 bridgehead atoms. The van der Waals surface area contributed by atoms with E-state index >= 15 is 0 Å². The Hall–Kier alpha value is -1.84. The first-order chi connectivity index (χ1) is 9.66. The van der Waals surface area contributed by atoms with Gasteiger partial charge < -0.3 is 0 Å². The number of rotatable bonds is 2. The van der Waals surface area contributed by atoms with E-state index in [1.54, 1.807) is 12.1 Å². The van der Waals surface area contributed by atoms with E-state index in [0.717, 1.165) is 16.6 Å². The van der Waals surface area contributed by atoms with Crippen LogP contribution in [0.3, 0.4) is 0 Å². The molecule has 1 aromatic heterocycles. The van der Waals surface area contributed by atoms with Crippen LogP contribution >= 0.6 is 23.2 Å². The van der Waals surface area contributed by atoms with Crippen LogP contribution in [0, 0.1) is 0 Å². The standard InChI is InChI=1S/C15H10Cl2N2O/c16-12-7-3-4-9(14(12)17)8-13-10-5-1-2-6-11(10)15(20)19-18-13/h1-7H,8H2,(H,19,20). The Morgan fingerprint density at radius 2 is 1.75 bits per heavy atom. The highest BCUT2D eigenvalue weighted by atomic mass is 35.5. The van der Waals surface area contributed by atoms with Crippen LogP contribution in [0.15, 0.2) is 47.3 Å². The summed E-state index contributed by atoms with van der Waals surface area (Å²) in [6.07, 6.45) is 0.511. The average molecular weight is 305 g/mol. The van der Waals surface area contributed by atoms with Crippen LogP contribution in [0.1, 0.15) is 11.3 Å². The smallest absolute Gasteiger partial charge is 0.267 e. The summed E-state index contributed by atoms with van der Waals surface area (Å²) in [5, 5.41) is 9.13. The molecule has 20 heavy (non-hydrogen) atoms. The number of nitrogens with one attached hydrogen (secondary N) is 1. The summed E-state index contributed by atoms with van der Waals surface area (Å²) in [6, 6.07) is 12.9. The summed E-state index contributed by atoms with van der Waals surface area (Å²) < 4.78 is 0. The zero-order valence-electron chi connectivity index (χ0n) is 10.4. The van der Waals surface area contributed by atoms with E-state index in [9.17, 15) is 4.79 Å². The molecule has 2 aromatic carbocycles. The molecule has 0 radical (unpaired) electrons. The van der Waals surface area contributed by atoms with E-state index in [-0.39, 0.29) is 5.56 Å². The monoisotopic (exact) mass is 304 g/mol. The molecule has 1 heterocycles. The van der Waals surface area contributed by atoms with Crippen molar-refractivity contribution in [1.82, 2.24) is 10.2 Å². The molecule has 0 amide bonds. The van der Waals surface area contributed by atoms with Crippen molar-refractivity contribution in [3.8, 4) is 0 Å². The Bertz CT molecular complexity index is 843. The second-order valence-electron chi connectivity index (χ2n) is 4.43. The van der Waals surface area contributed by atoms with Gasteiger partial charge in [-0.1, -0.05) is 53.5 Å². The Labute approximate surface area is 125 Å². The predicted octanol–water partition coefficient (Wildman–Crippen LogP) is 3.82. The number of benzene rings is 2. The fourth-order valence-corrected chi connectivity index (χ4v) is 2.56. The maximum absolute atomic E-state index is 11.7. The van der Waals surface area contributed by atoms with Crippen LogP contribution in [-0.2, 0) is 6.42 Å². The number of aromatic nitrogens is 2. The molecule has 0 spiro atoms. The molecule has 1 N–H and O–H groups in total. The highest BCUT2D eigenvalue weighted by Gasteiger charge is 2.10. The zero-order chi connectivity index (χ0) is 14.1. The van der Waals surface area contributed by atoms with Gasteiger partial charge in [0.2, 0.25) is 0 Å². The Kier molecular flexibility index (Phi) is 3.47. The van der Waals surface area contributed by atoms with Crippen molar-refractivity contribution in [3.63, 3.8) is 0 Å². The van der Waals surface area contributed by atoms with Gasteiger partial charge in [-0.3, -0.25) is 4.79 Å². The third-order valence-electron chi connectivity index (χ3n) is 3.16.